The standard InChI is InChI=1S/C13H16N4O2/c18-13(19)11-3-1-10(2-4-11)12-16-6-14-5-15(8-16)9-17(12)7-14/h1-4,12H,5-9H2,(H,18,19). The second kappa shape index (κ2) is 4.01. The normalized spacial score (nSPS) is 39.5. The summed E-state index contributed by atoms with van der Waals surface area (Å²) in [5.41, 5.74) is 1.54. The lowest BCUT2D eigenvalue weighted by molar-refractivity contribution is -0.233. The minimum absolute atomic E-state index is 0.288. The molecule has 0 aromatic heterocycles. The van der Waals surface area contributed by atoms with E-state index in [9.17, 15) is 4.79 Å². The van der Waals surface area contributed by atoms with Crippen LogP contribution in [0.2, 0.25) is 0 Å². The zero-order valence-corrected chi connectivity index (χ0v) is 10.6. The number of hydrogen-bond acceptors (Lipinski definition) is 5. The number of rotatable bonds is 2. The van der Waals surface area contributed by atoms with Gasteiger partial charge in [0.15, 0.2) is 0 Å². The van der Waals surface area contributed by atoms with Gasteiger partial charge < -0.3 is 5.11 Å². The molecule has 4 fully saturated rings. The molecule has 4 bridgehead atoms. The molecule has 6 heteroatoms. The Morgan fingerprint density at radius 1 is 0.947 bits per heavy atom. The molecule has 0 aliphatic carbocycles. The number of nitrogens with zero attached hydrogens (tertiary/aromatic N) is 4. The van der Waals surface area contributed by atoms with Crippen molar-refractivity contribution in [2.24, 2.45) is 0 Å². The summed E-state index contributed by atoms with van der Waals surface area (Å²) in [6, 6.07) is 7.29. The van der Waals surface area contributed by atoms with Crippen molar-refractivity contribution in [2.45, 2.75) is 6.17 Å². The van der Waals surface area contributed by atoms with E-state index >= 15 is 0 Å². The minimum atomic E-state index is -0.866. The van der Waals surface area contributed by atoms with Gasteiger partial charge in [0, 0.05) is 0 Å². The summed E-state index contributed by atoms with van der Waals surface area (Å²) in [7, 11) is 0. The van der Waals surface area contributed by atoms with Gasteiger partial charge in [-0.2, -0.15) is 0 Å². The molecule has 1 N–H and O–H groups in total. The highest BCUT2D eigenvalue weighted by Gasteiger charge is 2.43. The Morgan fingerprint density at radius 3 is 1.95 bits per heavy atom. The van der Waals surface area contributed by atoms with Gasteiger partial charge in [0.1, 0.15) is 0 Å². The first-order valence-corrected chi connectivity index (χ1v) is 6.47. The fourth-order valence-electron chi connectivity index (χ4n) is 3.43. The van der Waals surface area contributed by atoms with E-state index in [4.69, 9.17) is 5.11 Å². The molecule has 5 rings (SSSR count). The molecule has 4 heterocycles. The van der Waals surface area contributed by atoms with Crippen LogP contribution in [-0.4, -0.2) is 64.0 Å². The first kappa shape index (κ1) is 11.4. The van der Waals surface area contributed by atoms with Crippen molar-refractivity contribution in [3.63, 3.8) is 0 Å². The van der Waals surface area contributed by atoms with Crippen molar-refractivity contribution in [3.8, 4) is 0 Å². The number of aromatic carboxylic acids is 1. The molecule has 1 aromatic rings. The van der Waals surface area contributed by atoms with Crippen LogP contribution in [0.15, 0.2) is 24.3 Å². The monoisotopic (exact) mass is 260 g/mol. The van der Waals surface area contributed by atoms with Crippen LogP contribution in [-0.2, 0) is 0 Å². The molecule has 0 saturated carbocycles. The highest BCUT2D eigenvalue weighted by molar-refractivity contribution is 5.87. The Bertz CT molecular complexity index is 488. The first-order valence-electron chi connectivity index (χ1n) is 6.47. The van der Waals surface area contributed by atoms with Crippen molar-refractivity contribution >= 4 is 5.97 Å². The SMILES string of the molecule is O=C(O)c1ccc(C2N3CN4CN(C3)CN2C4)cc1. The van der Waals surface area contributed by atoms with Gasteiger partial charge in [0.05, 0.1) is 45.1 Å². The number of carboxylic acids is 1. The fourth-order valence-corrected chi connectivity index (χ4v) is 3.43. The lowest BCUT2D eigenvalue weighted by Gasteiger charge is -2.60. The second-order valence-electron chi connectivity index (χ2n) is 5.53. The minimum Gasteiger partial charge on any atom is -0.478 e. The molecular weight excluding hydrogens is 244 g/mol. The highest BCUT2D eigenvalue weighted by atomic mass is 16.4. The van der Waals surface area contributed by atoms with Gasteiger partial charge in [-0.25, -0.2) is 4.79 Å². The van der Waals surface area contributed by atoms with E-state index in [1.807, 2.05) is 12.1 Å². The molecule has 0 atom stereocenters. The first-order chi connectivity index (χ1) is 9.20. The molecule has 4 saturated heterocycles. The fraction of sp³-hybridized carbons (Fsp3) is 0.462. The third-order valence-corrected chi connectivity index (χ3v) is 4.07. The second-order valence-corrected chi connectivity index (χ2v) is 5.53. The predicted octanol–water partition coefficient (Wildman–Crippen LogP) is 0.420. The Kier molecular flexibility index (Phi) is 2.40. The zero-order chi connectivity index (χ0) is 13.0. The maximum absolute atomic E-state index is 10.9. The predicted molar refractivity (Wildman–Crippen MR) is 67.8 cm³/mol. The largest absolute Gasteiger partial charge is 0.478 e. The Morgan fingerprint density at radius 2 is 1.47 bits per heavy atom. The third-order valence-electron chi connectivity index (χ3n) is 4.07. The van der Waals surface area contributed by atoms with E-state index < -0.39 is 5.97 Å². The average molecular weight is 260 g/mol. The number of benzene rings is 1. The van der Waals surface area contributed by atoms with Gasteiger partial charge in [-0.15, -0.1) is 0 Å². The molecule has 4 aliphatic heterocycles. The van der Waals surface area contributed by atoms with E-state index in [-0.39, 0.29) is 6.17 Å². The van der Waals surface area contributed by atoms with Gasteiger partial charge in [0.2, 0.25) is 0 Å². The van der Waals surface area contributed by atoms with Crippen LogP contribution in [0.4, 0.5) is 0 Å². The van der Waals surface area contributed by atoms with Crippen LogP contribution < -0.4 is 0 Å². The molecule has 4 aliphatic rings. The van der Waals surface area contributed by atoms with Gasteiger partial charge in [-0.1, -0.05) is 12.1 Å². The van der Waals surface area contributed by atoms with Crippen molar-refractivity contribution in [3.05, 3.63) is 35.4 Å². The molecule has 1 aromatic carbocycles. The van der Waals surface area contributed by atoms with Crippen LogP contribution in [0.3, 0.4) is 0 Å². The molecule has 0 spiro atoms. The van der Waals surface area contributed by atoms with Crippen molar-refractivity contribution in [1.29, 1.82) is 0 Å². The summed E-state index contributed by atoms with van der Waals surface area (Å²) >= 11 is 0. The summed E-state index contributed by atoms with van der Waals surface area (Å²) in [6.45, 7) is 5.06. The van der Waals surface area contributed by atoms with E-state index in [1.165, 1.54) is 5.56 Å². The van der Waals surface area contributed by atoms with Crippen LogP contribution >= 0.6 is 0 Å². The maximum Gasteiger partial charge on any atom is 0.335 e. The van der Waals surface area contributed by atoms with E-state index in [0.29, 0.717) is 5.56 Å². The third kappa shape index (κ3) is 1.76. The lowest BCUT2D eigenvalue weighted by atomic mass is 10.1. The van der Waals surface area contributed by atoms with Crippen LogP contribution in [0.1, 0.15) is 22.1 Å². The van der Waals surface area contributed by atoms with Gasteiger partial charge in [-0.05, 0) is 17.7 Å². The van der Waals surface area contributed by atoms with Crippen molar-refractivity contribution in [1.82, 2.24) is 19.6 Å². The van der Waals surface area contributed by atoms with E-state index in [0.717, 1.165) is 33.3 Å². The van der Waals surface area contributed by atoms with Crippen LogP contribution in [0.25, 0.3) is 0 Å². The molecule has 100 valence electrons. The van der Waals surface area contributed by atoms with Gasteiger partial charge in [0.25, 0.3) is 0 Å². The zero-order valence-electron chi connectivity index (χ0n) is 10.6. The van der Waals surface area contributed by atoms with Gasteiger partial charge in [-0.3, -0.25) is 19.6 Å². The average Bonchev–Trinajstić information content (AvgIpc) is 2.38. The van der Waals surface area contributed by atoms with E-state index in [2.05, 4.69) is 19.6 Å². The van der Waals surface area contributed by atoms with Crippen molar-refractivity contribution < 1.29 is 9.90 Å². The number of hydrogen-bond donors (Lipinski definition) is 1. The molecule has 0 radical (unpaired) electrons. The quantitative estimate of drug-likeness (QED) is 0.831. The Labute approximate surface area is 111 Å². The summed E-state index contributed by atoms with van der Waals surface area (Å²) in [5.74, 6) is -0.866. The molecule has 0 unspecified atom stereocenters. The van der Waals surface area contributed by atoms with Gasteiger partial charge >= 0.3 is 5.97 Å². The van der Waals surface area contributed by atoms with Crippen molar-refractivity contribution in [2.75, 3.05) is 33.3 Å². The number of carbonyl (C=O) groups is 1. The van der Waals surface area contributed by atoms with Crippen LogP contribution in [0, 0.1) is 0 Å². The maximum atomic E-state index is 10.9. The molecule has 0 amide bonds. The van der Waals surface area contributed by atoms with E-state index in [1.54, 1.807) is 12.1 Å². The lowest BCUT2D eigenvalue weighted by Crippen LogP contribution is -2.72. The number of carboxylic acid groups (broad SMARTS) is 1. The topological polar surface area (TPSA) is 50.3 Å². The summed E-state index contributed by atoms with van der Waals surface area (Å²) < 4.78 is 0. The summed E-state index contributed by atoms with van der Waals surface area (Å²) in [4.78, 5) is 20.6. The molecule has 19 heavy (non-hydrogen) atoms. The Hall–Kier alpha value is -1.47. The highest BCUT2D eigenvalue weighted by Crippen LogP contribution is 2.35. The summed E-state index contributed by atoms with van der Waals surface area (Å²) in [6.07, 6.45) is 0.288. The molecule has 6 nitrogen and oxygen atoms in total. The van der Waals surface area contributed by atoms with Crippen LogP contribution in [0.5, 0.6) is 0 Å². The summed E-state index contributed by atoms with van der Waals surface area (Å²) in [5, 5.41) is 8.95. The Balaban J connectivity index is 1.63. The molecular formula is C13H16N4O2. The smallest absolute Gasteiger partial charge is 0.335 e.